The molecule has 0 aromatic rings. The molecule has 0 heterocycles. The van der Waals surface area contributed by atoms with Crippen molar-refractivity contribution in [3.05, 3.63) is 85.1 Å². The Kier molecular flexibility index (Phi) is 43.8. The molecule has 0 fully saturated rings. The van der Waals surface area contributed by atoms with Gasteiger partial charge < -0.3 is 20.3 Å². The van der Waals surface area contributed by atoms with E-state index in [1.165, 1.54) is 83.5 Å². The Labute approximate surface area is 363 Å². The van der Waals surface area contributed by atoms with Crippen molar-refractivity contribution in [2.75, 3.05) is 6.61 Å². The Morgan fingerprint density at radius 1 is 0.525 bits per heavy atom. The van der Waals surface area contributed by atoms with Gasteiger partial charge in [0.25, 0.3) is 0 Å². The zero-order valence-corrected chi connectivity index (χ0v) is 38.4. The molecule has 0 bridgehead atoms. The van der Waals surface area contributed by atoms with Crippen LogP contribution in [0.4, 0.5) is 0 Å². The lowest BCUT2D eigenvalue weighted by atomic mass is 10.0. The highest BCUT2D eigenvalue weighted by Crippen LogP contribution is 2.15. The molecule has 0 aliphatic rings. The predicted molar refractivity (Wildman–Crippen MR) is 254 cm³/mol. The molecule has 3 unspecified atom stereocenters. The molecule has 3 atom stereocenters. The Morgan fingerprint density at radius 2 is 0.949 bits per heavy atom. The van der Waals surface area contributed by atoms with Crippen LogP contribution < -0.4 is 5.32 Å². The van der Waals surface area contributed by atoms with Gasteiger partial charge >= 0.3 is 5.97 Å². The van der Waals surface area contributed by atoms with Crippen LogP contribution in [-0.4, -0.2) is 46.9 Å². The Balaban J connectivity index is 4.76. The van der Waals surface area contributed by atoms with Crippen LogP contribution in [0.25, 0.3) is 0 Å². The van der Waals surface area contributed by atoms with Crippen LogP contribution >= 0.6 is 0 Å². The number of aliphatic hydroxyl groups is 2. The van der Waals surface area contributed by atoms with Gasteiger partial charge in [0, 0.05) is 12.8 Å². The van der Waals surface area contributed by atoms with E-state index in [0.717, 1.165) is 83.5 Å². The van der Waals surface area contributed by atoms with Crippen LogP contribution in [0.5, 0.6) is 0 Å². The van der Waals surface area contributed by atoms with E-state index in [1.807, 2.05) is 12.2 Å². The summed E-state index contributed by atoms with van der Waals surface area (Å²) in [6.07, 6.45) is 59.4. The van der Waals surface area contributed by atoms with Gasteiger partial charge in [0.05, 0.1) is 25.2 Å². The van der Waals surface area contributed by atoms with Gasteiger partial charge in [-0.1, -0.05) is 202 Å². The van der Waals surface area contributed by atoms with Gasteiger partial charge in [0.15, 0.2) is 0 Å². The van der Waals surface area contributed by atoms with E-state index < -0.39 is 18.2 Å². The van der Waals surface area contributed by atoms with Gasteiger partial charge in [-0.3, -0.25) is 9.59 Å². The summed E-state index contributed by atoms with van der Waals surface area (Å²) in [5.74, 6) is -0.599. The summed E-state index contributed by atoms with van der Waals surface area (Å²) in [4.78, 5) is 26.0. The number of allylic oxidation sites excluding steroid dienone is 13. The van der Waals surface area contributed by atoms with Crippen LogP contribution in [0.3, 0.4) is 0 Å². The second-order valence-corrected chi connectivity index (χ2v) is 16.1. The van der Waals surface area contributed by atoms with Crippen molar-refractivity contribution in [3.63, 3.8) is 0 Å². The standard InChI is InChI=1S/C53H91NO5/c1-4-7-10-13-16-19-21-23-25-27-29-31-34-37-40-43-46-53(58)59-49(44-41-38-35-33-30-28-26-24-22-20-17-14-11-8-5-2)47-52(57)54-50(48-55)51(56)45-42-39-36-32-18-15-12-9-6-3/h7,10,16-17,19-20,23-26,30,33,38,41,49-51,55-56H,4-6,8-9,11-15,18,21-22,27-29,31-32,34-37,39-40,42-48H2,1-3H3,(H,54,57)/b10-7+,19-16+,20-17-,25-23+,26-24-,33-30-,41-38-. The number of ether oxygens (including phenoxy) is 1. The average Bonchev–Trinajstić information content (AvgIpc) is 3.23. The molecule has 0 spiro atoms. The molecule has 3 N–H and O–H groups in total. The smallest absolute Gasteiger partial charge is 0.306 e. The molecule has 6 heteroatoms. The van der Waals surface area contributed by atoms with E-state index in [1.54, 1.807) is 0 Å². The third-order valence-electron chi connectivity index (χ3n) is 10.5. The van der Waals surface area contributed by atoms with E-state index in [2.05, 4.69) is 99.0 Å². The van der Waals surface area contributed by atoms with Gasteiger partial charge in [-0.15, -0.1) is 0 Å². The van der Waals surface area contributed by atoms with Crippen LogP contribution in [0, 0.1) is 0 Å². The maximum Gasteiger partial charge on any atom is 0.306 e. The van der Waals surface area contributed by atoms with Crippen molar-refractivity contribution in [2.45, 2.75) is 232 Å². The molecule has 0 radical (unpaired) electrons. The highest BCUT2D eigenvalue weighted by atomic mass is 16.5. The second-order valence-electron chi connectivity index (χ2n) is 16.1. The quantitative estimate of drug-likeness (QED) is 0.0324. The number of unbranched alkanes of at least 4 members (excludes halogenated alkanes) is 17. The van der Waals surface area contributed by atoms with Crippen LogP contribution in [0.2, 0.25) is 0 Å². The molecule has 0 aromatic heterocycles. The zero-order valence-electron chi connectivity index (χ0n) is 38.4. The number of nitrogens with one attached hydrogen (secondary N) is 1. The first-order valence-electron chi connectivity index (χ1n) is 24.3. The first-order chi connectivity index (χ1) is 29.0. The normalized spacial score (nSPS) is 14.1. The molecule has 0 saturated heterocycles. The zero-order chi connectivity index (χ0) is 43.1. The van der Waals surface area contributed by atoms with Gasteiger partial charge in [0.1, 0.15) is 6.10 Å². The number of carbonyl (C=O) groups is 2. The van der Waals surface area contributed by atoms with Gasteiger partial charge in [0.2, 0.25) is 5.91 Å². The monoisotopic (exact) mass is 822 g/mol. The minimum absolute atomic E-state index is 0.00789. The fourth-order valence-corrected chi connectivity index (χ4v) is 6.78. The Morgan fingerprint density at radius 3 is 1.47 bits per heavy atom. The van der Waals surface area contributed by atoms with E-state index >= 15 is 0 Å². The number of hydrogen-bond donors (Lipinski definition) is 3. The number of hydrogen-bond acceptors (Lipinski definition) is 5. The maximum absolute atomic E-state index is 13.1. The Bertz CT molecular complexity index is 1150. The fourth-order valence-electron chi connectivity index (χ4n) is 6.78. The number of aliphatic hydroxyl groups excluding tert-OH is 2. The van der Waals surface area contributed by atoms with Crippen molar-refractivity contribution in [1.29, 1.82) is 0 Å². The van der Waals surface area contributed by atoms with E-state index in [4.69, 9.17) is 4.74 Å². The Hall–Kier alpha value is -2.96. The first kappa shape index (κ1) is 56.0. The molecule has 1 amide bonds. The summed E-state index contributed by atoms with van der Waals surface area (Å²) in [7, 11) is 0. The molecule has 59 heavy (non-hydrogen) atoms. The number of esters is 1. The second kappa shape index (κ2) is 46.1. The van der Waals surface area contributed by atoms with Gasteiger partial charge in [-0.25, -0.2) is 0 Å². The number of amides is 1. The van der Waals surface area contributed by atoms with Crippen molar-refractivity contribution in [3.8, 4) is 0 Å². The third kappa shape index (κ3) is 41.6. The molecular weight excluding hydrogens is 731 g/mol. The van der Waals surface area contributed by atoms with Crippen molar-refractivity contribution >= 4 is 11.9 Å². The first-order valence-corrected chi connectivity index (χ1v) is 24.3. The van der Waals surface area contributed by atoms with E-state index in [9.17, 15) is 19.8 Å². The molecule has 0 saturated carbocycles. The summed E-state index contributed by atoms with van der Waals surface area (Å²) < 4.78 is 5.85. The minimum Gasteiger partial charge on any atom is -0.461 e. The highest BCUT2D eigenvalue weighted by Gasteiger charge is 2.23. The van der Waals surface area contributed by atoms with Crippen LogP contribution in [0.15, 0.2) is 85.1 Å². The largest absolute Gasteiger partial charge is 0.461 e. The van der Waals surface area contributed by atoms with Crippen molar-refractivity contribution < 1.29 is 24.5 Å². The average molecular weight is 822 g/mol. The lowest BCUT2D eigenvalue weighted by Crippen LogP contribution is -2.46. The molecular formula is C53H91NO5. The van der Waals surface area contributed by atoms with E-state index in [-0.39, 0.29) is 24.9 Å². The summed E-state index contributed by atoms with van der Waals surface area (Å²) in [6.45, 7) is 6.28. The summed E-state index contributed by atoms with van der Waals surface area (Å²) >= 11 is 0. The summed E-state index contributed by atoms with van der Waals surface area (Å²) in [5, 5.41) is 23.6. The maximum atomic E-state index is 13.1. The van der Waals surface area contributed by atoms with Crippen molar-refractivity contribution in [1.82, 2.24) is 5.32 Å². The van der Waals surface area contributed by atoms with Crippen LogP contribution in [-0.2, 0) is 14.3 Å². The lowest BCUT2D eigenvalue weighted by molar-refractivity contribution is -0.150. The summed E-state index contributed by atoms with van der Waals surface area (Å²) in [5.41, 5.74) is 0. The van der Waals surface area contributed by atoms with Crippen LogP contribution in [0.1, 0.15) is 213 Å². The molecule has 6 nitrogen and oxygen atoms in total. The topological polar surface area (TPSA) is 95.9 Å². The van der Waals surface area contributed by atoms with Crippen molar-refractivity contribution in [2.24, 2.45) is 0 Å². The molecule has 0 aliphatic heterocycles. The number of rotatable bonds is 42. The molecule has 0 aromatic carbocycles. The summed E-state index contributed by atoms with van der Waals surface area (Å²) in [6, 6.07) is -0.736. The van der Waals surface area contributed by atoms with Gasteiger partial charge in [-0.05, 0) is 77.0 Å². The molecule has 338 valence electrons. The lowest BCUT2D eigenvalue weighted by Gasteiger charge is -2.24. The predicted octanol–water partition coefficient (Wildman–Crippen LogP) is 14.4. The van der Waals surface area contributed by atoms with E-state index in [0.29, 0.717) is 19.3 Å². The fraction of sp³-hybridized carbons (Fsp3) is 0.698. The third-order valence-corrected chi connectivity index (χ3v) is 10.5. The number of carbonyl (C=O) groups excluding carboxylic acids is 2. The molecule has 0 aliphatic carbocycles. The SMILES string of the molecule is CC/C=C/C/C=C/C/C=C/CCCCCCCCC(=O)OC(C/C=C\C/C=C\C/C=C\C/C=C\CCCCC)CC(=O)NC(CO)C(O)CCCCCCCCCCC. The molecule has 0 rings (SSSR count). The minimum atomic E-state index is -0.815. The van der Waals surface area contributed by atoms with Gasteiger partial charge in [-0.2, -0.15) is 0 Å². The highest BCUT2D eigenvalue weighted by molar-refractivity contribution is 5.77.